The minimum absolute atomic E-state index is 0.277. The molecule has 0 fully saturated rings. The topological polar surface area (TPSA) is 63.2 Å². The molecule has 0 radical (unpaired) electrons. The van der Waals surface area contributed by atoms with E-state index >= 15 is 0 Å². The Labute approximate surface area is 157 Å². The molecule has 0 aliphatic heterocycles. The SMILES string of the molecule is COc1ccc(Cl)cc1Nc1ccnc(C(=O)Nc2ccccc2C)c1. The Hall–Kier alpha value is -3.05. The van der Waals surface area contributed by atoms with Gasteiger partial charge in [0.1, 0.15) is 11.4 Å². The number of amides is 1. The van der Waals surface area contributed by atoms with Crippen LogP contribution in [-0.4, -0.2) is 18.0 Å². The number of halogens is 1. The molecule has 0 saturated heterocycles. The maximum Gasteiger partial charge on any atom is 0.274 e. The number of aromatic nitrogens is 1. The summed E-state index contributed by atoms with van der Waals surface area (Å²) in [4.78, 5) is 16.7. The Balaban J connectivity index is 1.81. The number of hydrogen-bond acceptors (Lipinski definition) is 4. The van der Waals surface area contributed by atoms with E-state index in [2.05, 4.69) is 15.6 Å². The second kappa shape index (κ2) is 7.89. The number of rotatable bonds is 5. The average molecular weight is 368 g/mol. The zero-order chi connectivity index (χ0) is 18.5. The summed E-state index contributed by atoms with van der Waals surface area (Å²) in [5, 5.41) is 6.66. The molecular weight excluding hydrogens is 350 g/mol. The predicted molar refractivity (Wildman–Crippen MR) is 105 cm³/mol. The summed E-state index contributed by atoms with van der Waals surface area (Å²) < 4.78 is 5.33. The number of ether oxygens (including phenoxy) is 1. The molecule has 0 aliphatic rings. The van der Waals surface area contributed by atoms with Crippen molar-refractivity contribution >= 4 is 34.6 Å². The monoisotopic (exact) mass is 367 g/mol. The predicted octanol–water partition coefficient (Wildman–Crippen LogP) is 5.05. The van der Waals surface area contributed by atoms with Gasteiger partial charge in [-0.3, -0.25) is 9.78 Å². The molecule has 0 bridgehead atoms. The molecule has 5 nitrogen and oxygen atoms in total. The van der Waals surface area contributed by atoms with Gasteiger partial charge in [0.15, 0.2) is 0 Å². The van der Waals surface area contributed by atoms with Crippen LogP contribution in [0.15, 0.2) is 60.8 Å². The normalized spacial score (nSPS) is 10.3. The molecule has 3 rings (SSSR count). The van der Waals surface area contributed by atoms with Crippen molar-refractivity contribution in [1.82, 2.24) is 4.98 Å². The van der Waals surface area contributed by atoms with Gasteiger partial charge >= 0.3 is 0 Å². The van der Waals surface area contributed by atoms with Gasteiger partial charge in [-0.25, -0.2) is 0 Å². The lowest BCUT2D eigenvalue weighted by Gasteiger charge is -2.12. The molecule has 26 heavy (non-hydrogen) atoms. The number of nitrogens with one attached hydrogen (secondary N) is 2. The number of methoxy groups -OCH3 is 1. The lowest BCUT2D eigenvalue weighted by Crippen LogP contribution is -2.14. The fourth-order valence-corrected chi connectivity index (χ4v) is 2.64. The molecular formula is C20H18ClN3O2. The number of para-hydroxylation sites is 1. The highest BCUT2D eigenvalue weighted by molar-refractivity contribution is 6.31. The van der Waals surface area contributed by atoms with E-state index in [1.807, 2.05) is 31.2 Å². The fraction of sp³-hybridized carbons (Fsp3) is 0.100. The lowest BCUT2D eigenvalue weighted by atomic mass is 10.2. The van der Waals surface area contributed by atoms with Crippen molar-refractivity contribution in [2.45, 2.75) is 6.92 Å². The Bertz CT molecular complexity index is 944. The van der Waals surface area contributed by atoms with Crippen molar-refractivity contribution in [1.29, 1.82) is 0 Å². The first kappa shape index (κ1) is 17.8. The second-order valence-corrected chi connectivity index (χ2v) is 6.10. The first-order valence-electron chi connectivity index (χ1n) is 8.00. The Kier molecular flexibility index (Phi) is 5.39. The van der Waals surface area contributed by atoms with Gasteiger partial charge in [0, 0.05) is 22.6 Å². The summed E-state index contributed by atoms with van der Waals surface area (Å²) in [6.45, 7) is 1.94. The summed E-state index contributed by atoms with van der Waals surface area (Å²) in [6, 6.07) is 16.3. The number of pyridine rings is 1. The van der Waals surface area contributed by atoms with Crippen LogP contribution in [0.3, 0.4) is 0 Å². The maximum absolute atomic E-state index is 12.5. The molecule has 1 amide bonds. The summed E-state index contributed by atoms with van der Waals surface area (Å²) in [7, 11) is 1.59. The number of carbonyl (C=O) groups excluding carboxylic acids is 1. The third kappa shape index (κ3) is 4.13. The third-order valence-electron chi connectivity index (χ3n) is 3.83. The summed E-state index contributed by atoms with van der Waals surface area (Å²) in [6.07, 6.45) is 1.58. The minimum Gasteiger partial charge on any atom is -0.495 e. The molecule has 2 aromatic carbocycles. The molecule has 132 valence electrons. The van der Waals surface area contributed by atoms with Crippen molar-refractivity contribution in [2.75, 3.05) is 17.7 Å². The van der Waals surface area contributed by atoms with Gasteiger partial charge in [0.05, 0.1) is 12.8 Å². The number of nitrogens with zero attached hydrogens (tertiary/aromatic N) is 1. The summed E-state index contributed by atoms with van der Waals surface area (Å²) >= 11 is 6.05. The molecule has 0 unspecified atom stereocenters. The van der Waals surface area contributed by atoms with Gasteiger partial charge in [0.25, 0.3) is 5.91 Å². The van der Waals surface area contributed by atoms with Crippen LogP contribution in [0.2, 0.25) is 5.02 Å². The van der Waals surface area contributed by atoms with Gasteiger partial charge in [-0.15, -0.1) is 0 Å². The zero-order valence-corrected chi connectivity index (χ0v) is 15.2. The molecule has 0 spiro atoms. The van der Waals surface area contributed by atoms with Crippen LogP contribution >= 0.6 is 11.6 Å². The van der Waals surface area contributed by atoms with Crippen molar-refractivity contribution in [3.63, 3.8) is 0 Å². The average Bonchev–Trinajstić information content (AvgIpc) is 2.64. The molecule has 3 aromatic rings. The maximum atomic E-state index is 12.5. The van der Waals surface area contributed by atoms with Crippen molar-refractivity contribution < 1.29 is 9.53 Å². The van der Waals surface area contributed by atoms with Gasteiger partial charge in [-0.2, -0.15) is 0 Å². The number of benzene rings is 2. The summed E-state index contributed by atoms with van der Waals surface area (Å²) in [5.41, 5.74) is 3.46. The highest BCUT2D eigenvalue weighted by atomic mass is 35.5. The number of anilines is 3. The summed E-state index contributed by atoms with van der Waals surface area (Å²) in [5.74, 6) is 0.373. The van der Waals surface area contributed by atoms with Crippen LogP contribution in [0.4, 0.5) is 17.1 Å². The smallest absolute Gasteiger partial charge is 0.274 e. The van der Waals surface area contributed by atoms with E-state index in [-0.39, 0.29) is 5.91 Å². The molecule has 0 aliphatic carbocycles. The molecule has 1 aromatic heterocycles. The van der Waals surface area contributed by atoms with Crippen molar-refractivity contribution in [3.05, 3.63) is 77.1 Å². The van der Waals surface area contributed by atoms with Gasteiger partial charge < -0.3 is 15.4 Å². The van der Waals surface area contributed by atoms with E-state index in [0.717, 1.165) is 11.3 Å². The van der Waals surface area contributed by atoms with E-state index < -0.39 is 0 Å². The molecule has 6 heteroatoms. The second-order valence-electron chi connectivity index (χ2n) is 5.67. The van der Waals surface area contributed by atoms with Crippen LogP contribution < -0.4 is 15.4 Å². The van der Waals surface area contributed by atoms with Crippen molar-refractivity contribution in [2.24, 2.45) is 0 Å². The van der Waals surface area contributed by atoms with Gasteiger partial charge in [-0.05, 0) is 48.9 Å². The Morgan fingerprint density at radius 2 is 1.88 bits per heavy atom. The largest absolute Gasteiger partial charge is 0.495 e. The first-order chi connectivity index (χ1) is 12.6. The van der Waals surface area contributed by atoms with E-state index in [4.69, 9.17) is 16.3 Å². The zero-order valence-electron chi connectivity index (χ0n) is 14.4. The highest BCUT2D eigenvalue weighted by Crippen LogP contribution is 2.30. The molecule has 2 N–H and O–H groups in total. The third-order valence-corrected chi connectivity index (χ3v) is 4.06. The Morgan fingerprint density at radius 1 is 1.08 bits per heavy atom. The van der Waals surface area contributed by atoms with Crippen LogP contribution in [0.25, 0.3) is 0 Å². The minimum atomic E-state index is -0.277. The van der Waals surface area contributed by atoms with Crippen molar-refractivity contribution in [3.8, 4) is 5.75 Å². The van der Waals surface area contributed by atoms with Crippen LogP contribution in [0.5, 0.6) is 5.75 Å². The molecule has 0 atom stereocenters. The fourth-order valence-electron chi connectivity index (χ4n) is 2.47. The molecule has 0 saturated carbocycles. The quantitative estimate of drug-likeness (QED) is 0.662. The standard InChI is InChI=1S/C20H18ClN3O2/c1-13-5-3-4-6-16(13)24-20(25)18-12-15(9-10-22-18)23-17-11-14(21)7-8-19(17)26-2/h3-12H,1-2H3,(H,22,23)(H,24,25). The first-order valence-corrected chi connectivity index (χ1v) is 8.38. The van der Waals surface area contributed by atoms with Crippen LogP contribution in [0, 0.1) is 6.92 Å². The van der Waals surface area contributed by atoms with E-state index in [9.17, 15) is 4.79 Å². The number of hydrogen-bond donors (Lipinski definition) is 2. The number of carbonyl (C=O) groups is 1. The van der Waals surface area contributed by atoms with Gasteiger partial charge in [-0.1, -0.05) is 29.8 Å². The van der Waals surface area contributed by atoms with E-state index in [0.29, 0.717) is 27.8 Å². The Morgan fingerprint density at radius 3 is 2.65 bits per heavy atom. The van der Waals surface area contributed by atoms with Gasteiger partial charge in [0.2, 0.25) is 0 Å². The van der Waals surface area contributed by atoms with E-state index in [1.54, 1.807) is 43.6 Å². The van der Waals surface area contributed by atoms with Crippen LogP contribution in [0.1, 0.15) is 16.1 Å². The highest BCUT2D eigenvalue weighted by Gasteiger charge is 2.11. The number of aryl methyl sites for hydroxylation is 1. The van der Waals surface area contributed by atoms with E-state index in [1.165, 1.54) is 0 Å². The lowest BCUT2D eigenvalue weighted by molar-refractivity contribution is 0.102. The molecule has 1 heterocycles. The van der Waals surface area contributed by atoms with Crippen LogP contribution in [-0.2, 0) is 0 Å².